The largest absolute Gasteiger partial charge is 0.353 e. The molecule has 2 N–H and O–H groups in total. The Hall–Kier alpha value is -3.35. The Kier molecular flexibility index (Phi) is 5.34. The first kappa shape index (κ1) is 25.6. The first-order valence-corrected chi connectivity index (χ1v) is 13.8. The lowest BCUT2D eigenvalue weighted by Gasteiger charge is -2.59. The number of aromatic nitrogens is 5. The number of fused-ring (bicyclic) bond motifs is 1. The molecule has 13 heteroatoms. The van der Waals surface area contributed by atoms with Gasteiger partial charge in [0.1, 0.15) is 11.4 Å². The fraction of sp³-hybridized carbons (Fsp3) is 0.630. The number of carbonyl (C=O) groups excluding carboxylic acids is 1. The number of hydrogen-bond donors (Lipinski definition) is 2. The molecule has 0 bridgehead atoms. The predicted octanol–water partition coefficient (Wildman–Crippen LogP) is 4.12. The van der Waals surface area contributed by atoms with E-state index in [1.165, 1.54) is 24.9 Å². The topological polar surface area (TPSA) is 98.2 Å². The molecule has 4 fully saturated rings. The van der Waals surface area contributed by atoms with Gasteiger partial charge in [0.05, 0.1) is 41.6 Å². The van der Waals surface area contributed by atoms with Crippen LogP contribution in [0.15, 0.2) is 18.5 Å². The van der Waals surface area contributed by atoms with Gasteiger partial charge in [0.25, 0.3) is 5.92 Å². The summed E-state index contributed by atoms with van der Waals surface area (Å²) < 4.78 is 44.9. The number of carbonyl (C=O) groups is 1. The number of alkyl halides is 3. The molecule has 2 amide bonds. The first-order valence-electron chi connectivity index (χ1n) is 13.8. The second-order valence-electron chi connectivity index (χ2n) is 13.1. The van der Waals surface area contributed by atoms with E-state index in [1.807, 2.05) is 6.07 Å². The Bertz CT molecular complexity index is 1470. The van der Waals surface area contributed by atoms with Crippen molar-refractivity contribution >= 4 is 28.4 Å². The van der Waals surface area contributed by atoms with Crippen molar-refractivity contribution in [3.63, 3.8) is 0 Å². The summed E-state index contributed by atoms with van der Waals surface area (Å²) in [6.45, 7) is 6.43. The standard InChI is InChI=1S/C27H34F3N9O/c1-24(2,28)11-39-20-8-18(31-9-17(20)22(35-39)37-14-25(15-37)12-36(3)13-25)21-19(10-32-34-21)33-23(40)38-16-27(29,30)7-6-26(38)4-5-26/h8-10H,4-7,11-16H2,1-3H3,(H,32,34)(H,33,40). The minimum absolute atomic E-state index is 0.0620. The number of likely N-dealkylation sites (tertiary alicyclic amines) is 2. The van der Waals surface area contributed by atoms with Gasteiger partial charge in [-0.15, -0.1) is 0 Å². The molecule has 7 rings (SSSR count). The molecule has 3 aromatic rings. The molecule has 214 valence electrons. The van der Waals surface area contributed by atoms with Gasteiger partial charge in [-0.2, -0.15) is 10.2 Å². The highest BCUT2D eigenvalue weighted by molar-refractivity contribution is 5.96. The average molecular weight is 558 g/mol. The average Bonchev–Trinajstić information content (AvgIpc) is 3.33. The van der Waals surface area contributed by atoms with Crippen molar-refractivity contribution in [2.75, 3.05) is 50.0 Å². The van der Waals surface area contributed by atoms with Crippen LogP contribution in [0.5, 0.6) is 0 Å². The van der Waals surface area contributed by atoms with Crippen LogP contribution in [-0.2, 0) is 6.54 Å². The molecule has 0 unspecified atom stereocenters. The van der Waals surface area contributed by atoms with Crippen LogP contribution in [0, 0.1) is 5.41 Å². The molecule has 1 aliphatic carbocycles. The summed E-state index contributed by atoms with van der Waals surface area (Å²) in [7, 11) is 2.12. The third kappa shape index (κ3) is 4.29. The zero-order valence-corrected chi connectivity index (χ0v) is 23.0. The van der Waals surface area contributed by atoms with Crippen molar-refractivity contribution < 1.29 is 18.0 Å². The summed E-state index contributed by atoms with van der Waals surface area (Å²) in [5.74, 6) is -2.11. The summed E-state index contributed by atoms with van der Waals surface area (Å²) in [5, 5.41) is 15.4. The van der Waals surface area contributed by atoms with Crippen molar-refractivity contribution in [1.29, 1.82) is 0 Å². The number of nitrogens with zero attached hydrogens (tertiary/aromatic N) is 7. The number of anilines is 2. The van der Waals surface area contributed by atoms with Crippen LogP contribution in [0.25, 0.3) is 22.3 Å². The molecule has 0 radical (unpaired) electrons. The van der Waals surface area contributed by atoms with Crippen molar-refractivity contribution in [3.8, 4) is 11.4 Å². The second-order valence-corrected chi connectivity index (χ2v) is 13.1. The van der Waals surface area contributed by atoms with E-state index in [2.05, 4.69) is 37.3 Å². The molecule has 2 spiro atoms. The molecule has 0 atom stereocenters. The zero-order valence-electron chi connectivity index (χ0n) is 23.0. The normalized spacial score (nSPS) is 22.9. The number of halogens is 3. The van der Waals surface area contributed by atoms with Gasteiger partial charge in [-0.25, -0.2) is 18.0 Å². The molecule has 40 heavy (non-hydrogen) atoms. The minimum atomic E-state index is -2.90. The molecule has 3 aliphatic heterocycles. The van der Waals surface area contributed by atoms with Crippen LogP contribution < -0.4 is 10.2 Å². The lowest BCUT2D eigenvalue weighted by atomic mass is 9.73. The highest BCUT2D eigenvalue weighted by atomic mass is 19.3. The third-order valence-corrected chi connectivity index (χ3v) is 8.83. The van der Waals surface area contributed by atoms with Gasteiger partial charge in [0, 0.05) is 49.8 Å². The Morgan fingerprint density at radius 2 is 1.82 bits per heavy atom. The van der Waals surface area contributed by atoms with Gasteiger partial charge >= 0.3 is 6.03 Å². The Balaban J connectivity index is 1.18. The summed E-state index contributed by atoms with van der Waals surface area (Å²) >= 11 is 0. The highest BCUT2D eigenvalue weighted by Gasteiger charge is 2.57. The van der Waals surface area contributed by atoms with Crippen LogP contribution in [0.1, 0.15) is 39.5 Å². The number of pyridine rings is 1. The van der Waals surface area contributed by atoms with Gasteiger partial charge < -0.3 is 20.0 Å². The van der Waals surface area contributed by atoms with Gasteiger partial charge in [-0.1, -0.05) is 0 Å². The van der Waals surface area contributed by atoms with Crippen LogP contribution in [0.3, 0.4) is 0 Å². The molecule has 3 saturated heterocycles. The summed E-state index contributed by atoms with van der Waals surface area (Å²) in [4.78, 5) is 23.7. The number of piperidine rings is 1. The van der Waals surface area contributed by atoms with E-state index >= 15 is 0 Å². The van der Waals surface area contributed by atoms with Crippen molar-refractivity contribution in [1.82, 2.24) is 34.8 Å². The summed E-state index contributed by atoms with van der Waals surface area (Å²) in [6.07, 6.45) is 4.75. The monoisotopic (exact) mass is 557 g/mol. The van der Waals surface area contributed by atoms with E-state index in [-0.39, 0.29) is 13.0 Å². The Labute approximate surface area is 229 Å². The van der Waals surface area contributed by atoms with Crippen molar-refractivity contribution in [2.45, 2.75) is 63.2 Å². The number of hydrogen-bond acceptors (Lipinski definition) is 6. The Morgan fingerprint density at radius 1 is 1.10 bits per heavy atom. The number of rotatable bonds is 5. The highest BCUT2D eigenvalue weighted by Crippen LogP contribution is 2.51. The smallest absolute Gasteiger partial charge is 0.322 e. The minimum Gasteiger partial charge on any atom is -0.353 e. The van der Waals surface area contributed by atoms with E-state index in [0.29, 0.717) is 28.9 Å². The predicted molar refractivity (Wildman–Crippen MR) is 144 cm³/mol. The SMILES string of the molecule is CN1CC2(C1)CN(c1nn(CC(C)(C)F)c3cc(-c4[nH]ncc4NC(=O)N4CC(F)(F)CCC45CC5)ncc13)C2. The maximum Gasteiger partial charge on any atom is 0.322 e. The number of H-pyrrole nitrogens is 1. The number of aromatic amines is 1. The van der Waals surface area contributed by atoms with Crippen LogP contribution >= 0.6 is 0 Å². The molecule has 0 aromatic carbocycles. The third-order valence-electron chi connectivity index (χ3n) is 8.83. The van der Waals surface area contributed by atoms with Crippen LogP contribution in [-0.4, -0.2) is 97.7 Å². The van der Waals surface area contributed by atoms with Crippen LogP contribution in [0.2, 0.25) is 0 Å². The maximum atomic E-state index is 14.8. The lowest BCUT2D eigenvalue weighted by Crippen LogP contribution is -2.71. The molecule has 10 nitrogen and oxygen atoms in total. The fourth-order valence-electron chi connectivity index (χ4n) is 6.85. The number of urea groups is 1. The molecule has 3 aromatic heterocycles. The van der Waals surface area contributed by atoms with Gasteiger partial charge in [0.2, 0.25) is 0 Å². The van der Waals surface area contributed by atoms with Gasteiger partial charge in [-0.05, 0) is 46.2 Å². The molecule has 1 saturated carbocycles. The lowest BCUT2D eigenvalue weighted by molar-refractivity contribution is -0.0721. The molecule has 4 aliphatic rings. The van der Waals surface area contributed by atoms with Gasteiger partial charge in [-0.3, -0.25) is 14.8 Å². The van der Waals surface area contributed by atoms with Crippen molar-refractivity contribution in [2.24, 2.45) is 5.41 Å². The number of nitrogens with one attached hydrogen (secondary N) is 2. The zero-order chi connectivity index (χ0) is 28.1. The molecule has 6 heterocycles. The van der Waals surface area contributed by atoms with Crippen molar-refractivity contribution in [3.05, 3.63) is 18.5 Å². The van der Waals surface area contributed by atoms with E-state index < -0.39 is 29.7 Å². The fourth-order valence-corrected chi connectivity index (χ4v) is 6.85. The first-order chi connectivity index (χ1) is 18.8. The van der Waals surface area contributed by atoms with Crippen LogP contribution in [0.4, 0.5) is 29.5 Å². The maximum absolute atomic E-state index is 14.8. The molecular weight excluding hydrogens is 523 g/mol. The van der Waals surface area contributed by atoms with E-state index in [0.717, 1.165) is 55.7 Å². The van der Waals surface area contributed by atoms with E-state index in [4.69, 9.17) is 5.10 Å². The summed E-state index contributed by atoms with van der Waals surface area (Å²) in [6, 6.07) is 1.24. The molecular formula is C27H34F3N9O. The summed E-state index contributed by atoms with van der Waals surface area (Å²) in [5.41, 5.74) is 0.328. The number of amides is 2. The second kappa shape index (κ2) is 8.34. The van der Waals surface area contributed by atoms with E-state index in [9.17, 15) is 18.0 Å². The quantitative estimate of drug-likeness (QED) is 0.490. The Morgan fingerprint density at radius 3 is 2.50 bits per heavy atom. The van der Waals surface area contributed by atoms with E-state index in [1.54, 1.807) is 10.9 Å². The van der Waals surface area contributed by atoms with Gasteiger partial charge in [0.15, 0.2) is 5.82 Å².